The van der Waals surface area contributed by atoms with Crippen molar-refractivity contribution in [3.8, 4) is 0 Å². The summed E-state index contributed by atoms with van der Waals surface area (Å²) in [6.45, 7) is 5.48. The Balaban J connectivity index is 1.89. The van der Waals surface area contributed by atoms with E-state index in [1.54, 1.807) is 19.0 Å². The van der Waals surface area contributed by atoms with Gasteiger partial charge in [-0.25, -0.2) is 0 Å². The first-order valence-electron chi connectivity index (χ1n) is 10.3. The van der Waals surface area contributed by atoms with Gasteiger partial charge in [0.25, 0.3) is 11.8 Å². The zero-order valence-electron chi connectivity index (χ0n) is 17.9. The Bertz CT molecular complexity index is 859. The van der Waals surface area contributed by atoms with Crippen molar-refractivity contribution in [1.82, 2.24) is 4.90 Å². The zero-order valence-corrected chi connectivity index (χ0v) is 17.9. The molecular weight excluding hydrogens is 362 g/mol. The summed E-state index contributed by atoms with van der Waals surface area (Å²) >= 11 is 0. The van der Waals surface area contributed by atoms with Crippen LogP contribution in [0.3, 0.4) is 0 Å². The second kappa shape index (κ2) is 8.78. The van der Waals surface area contributed by atoms with Gasteiger partial charge < -0.3 is 14.7 Å². The molecule has 1 heterocycles. The van der Waals surface area contributed by atoms with Crippen LogP contribution in [0.2, 0.25) is 0 Å². The monoisotopic (exact) mass is 394 g/mol. The van der Waals surface area contributed by atoms with Crippen LogP contribution in [0.15, 0.2) is 48.5 Å². The third-order valence-corrected chi connectivity index (χ3v) is 6.08. The molecule has 5 heteroatoms. The molecule has 1 N–H and O–H groups in total. The van der Waals surface area contributed by atoms with E-state index in [-0.39, 0.29) is 17.9 Å². The van der Waals surface area contributed by atoms with Crippen molar-refractivity contribution in [3.05, 3.63) is 65.2 Å². The molecule has 1 saturated heterocycles. The lowest BCUT2D eigenvalue weighted by molar-refractivity contribution is -0.930. The predicted molar refractivity (Wildman–Crippen MR) is 117 cm³/mol. The number of quaternary nitrogens is 1. The fraction of sp³-hybridized carbons (Fsp3) is 0.417. The lowest BCUT2D eigenvalue weighted by Crippen LogP contribution is -2.56. The molecule has 154 valence electrons. The molecular formula is C24H32N3O2+. The molecule has 1 aliphatic rings. The van der Waals surface area contributed by atoms with E-state index in [1.807, 2.05) is 50.2 Å². The van der Waals surface area contributed by atoms with Crippen LogP contribution >= 0.6 is 0 Å². The molecule has 0 bridgehead atoms. The highest BCUT2D eigenvalue weighted by atomic mass is 16.2. The highest BCUT2D eigenvalue weighted by molar-refractivity contribution is 5.93. The number of amides is 2. The summed E-state index contributed by atoms with van der Waals surface area (Å²) < 4.78 is 0.484. The molecule has 0 spiro atoms. The Labute approximate surface area is 173 Å². The molecule has 1 aliphatic heterocycles. The molecule has 0 aliphatic carbocycles. The van der Waals surface area contributed by atoms with Gasteiger partial charge in [-0.15, -0.1) is 0 Å². The number of nitrogens with one attached hydrogen (secondary N) is 1. The Morgan fingerprint density at radius 3 is 2.28 bits per heavy atom. The Kier molecular flexibility index (Phi) is 6.38. The summed E-state index contributed by atoms with van der Waals surface area (Å²) in [6.07, 6.45) is 2.00. The largest absolute Gasteiger partial charge is 0.344 e. The van der Waals surface area contributed by atoms with Crippen LogP contribution in [-0.2, 0) is 9.59 Å². The topological polar surface area (TPSA) is 49.4 Å². The highest BCUT2D eigenvalue weighted by Crippen LogP contribution is 2.39. The second-order valence-corrected chi connectivity index (χ2v) is 8.43. The van der Waals surface area contributed by atoms with Gasteiger partial charge in [0, 0.05) is 38.2 Å². The molecule has 29 heavy (non-hydrogen) atoms. The number of carbonyl (C=O) groups excluding carboxylic acids is 2. The first-order valence-corrected chi connectivity index (χ1v) is 10.3. The van der Waals surface area contributed by atoms with Crippen LogP contribution in [0.1, 0.15) is 35.6 Å². The minimum Gasteiger partial charge on any atom is -0.344 e. The van der Waals surface area contributed by atoms with E-state index < -0.39 is 0 Å². The third-order valence-electron chi connectivity index (χ3n) is 6.08. The molecule has 0 aromatic heterocycles. The molecule has 2 amide bonds. The maximum absolute atomic E-state index is 13.2. The molecule has 2 unspecified atom stereocenters. The average Bonchev–Trinajstić information content (AvgIpc) is 3.08. The number of likely N-dealkylation sites (tertiary alicyclic amines) is 1. The molecule has 2 aromatic carbocycles. The fourth-order valence-electron chi connectivity index (χ4n) is 4.51. The number of anilines is 1. The van der Waals surface area contributed by atoms with Crippen molar-refractivity contribution >= 4 is 17.5 Å². The average molecular weight is 395 g/mol. The predicted octanol–water partition coefficient (Wildman–Crippen LogP) is 3.68. The van der Waals surface area contributed by atoms with Gasteiger partial charge in [0.15, 0.2) is 13.1 Å². The van der Waals surface area contributed by atoms with E-state index >= 15 is 0 Å². The number of nitrogens with zero attached hydrogens (tertiary/aromatic N) is 2. The van der Waals surface area contributed by atoms with Crippen LogP contribution in [-0.4, -0.2) is 54.9 Å². The van der Waals surface area contributed by atoms with Gasteiger partial charge in [-0.3, -0.25) is 9.59 Å². The third kappa shape index (κ3) is 4.67. The minimum atomic E-state index is -0.0308. The highest BCUT2D eigenvalue weighted by Gasteiger charge is 2.45. The first-order chi connectivity index (χ1) is 13.8. The molecule has 2 aromatic rings. The van der Waals surface area contributed by atoms with Gasteiger partial charge >= 0.3 is 0 Å². The standard InChI is InChI=1S/C24H31N3O2/c1-18-10-8-11-19(2)24(18)25-22(28)16-27(17-23(29)26(3)4)15-9-14-21(27)20-12-6-5-7-13-20/h5-8,10-13,21H,9,14-17H2,1-4H3/p+1. The van der Waals surface area contributed by atoms with Crippen LogP contribution in [0.5, 0.6) is 0 Å². The molecule has 2 atom stereocenters. The van der Waals surface area contributed by atoms with Crippen LogP contribution in [0.4, 0.5) is 5.69 Å². The van der Waals surface area contributed by atoms with E-state index in [0.29, 0.717) is 17.6 Å². The number of hydrogen-bond acceptors (Lipinski definition) is 2. The van der Waals surface area contributed by atoms with Crippen LogP contribution in [0, 0.1) is 13.8 Å². The lowest BCUT2D eigenvalue weighted by atomic mass is 10.0. The summed E-state index contributed by atoms with van der Waals surface area (Å²) in [5.41, 5.74) is 4.19. The number of hydrogen-bond donors (Lipinski definition) is 1. The maximum Gasteiger partial charge on any atom is 0.279 e. The summed E-state index contributed by atoms with van der Waals surface area (Å²) in [4.78, 5) is 27.5. The van der Waals surface area contributed by atoms with Crippen molar-refractivity contribution in [2.24, 2.45) is 0 Å². The number of benzene rings is 2. The van der Waals surface area contributed by atoms with Gasteiger partial charge in [-0.2, -0.15) is 0 Å². The van der Waals surface area contributed by atoms with Crippen molar-refractivity contribution in [2.45, 2.75) is 32.7 Å². The molecule has 1 fully saturated rings. The van der Waals surface area contributed by atoms with E-state index in [1.165, 1.54) is 5.56 Å². The van der Waals surface area contributed by atoms with Gasteiger partial charge in [-0.1, -0.05) is 48.5 Å². The van der Waals surface area contributed by atoms with E-state index in [9.17, 15) is 9.59 Å². The minimum absolute atomic E-state index is 0.0308. The molecule has 0 radical (unpaired) electrons. The summed E-state index contributed by atoms with van der Waals surface area (Å²) in [5.74, 6) is 0.0319. The second-order valence-electron chi connectivity index (χ2n) is 8.43. The molecule has 3 rings (SSSR count). The van der Waals surface area contributed by atoms with E-state index in [0.717, 1.165) is 36.2 Å². The Morgan fingerprint density at radius 1 is 1.00 bits per heavy atom. The van der Waals surface area contributed by atoms with Crippen molar-refractivity contribution in [3.63, 3.8) is 0 Å². The quantitative estimate of drug-likeness (QED) is 0.760. The van der Waals surface area contributed by atoms with Crippen molar-refractivity contribution in [1.29, 1.82) is 0 Å². The maximum atomic E-state index is 13.2. The van der Waals surface area contributed by atoms with Crippen LogP contribution < -0.4 is 5.32 Å². The molecule has 0 saturated carbocycles. The van der Waals surface area contributed by atoms with Gasteiger partial charge in [0.1, 0.15) is 6.04 Å². The fourth-order valence-corrected chi connectivity index (χ4v) is 4.51. The Morgan fingerprint density at radius 2 is 1.66 bits per heavy atom. The number of para-hydroxylation sites is 1. The molecule has 5 nitrogen and oxygen atoms in total. The smallest absolute Gasteiger partial charge is 0.279 e. The van der Waals surface area contributed by atoms with Gasteiger partial charge in [-0.05, 0) is 25.0 Å². The van der Waals surface area contributed by atoms with Crippen molar-refractivity contribution < 1.29 is 14.1 Å². The number of likely N-dealkylation sites (N-methyl/N-ethyl adjacent to an activating group) is 1. The zero-order chi connectivity index (χ0) is 21.0. The van der Waals surface area contributed by atoms with Gasteiger partial charge in [0.2, 0.25) is 0 Å². The number of aryl methyl sites for hydroxylation is 2. The number of carbonyl (C=O) groups is 2. The lowest BCUT2D eigenvalue weighted by Gasteiger charge is -2.39. The summed E-state index contributed by atoms with van der Waals surface area (Å²) in [5, 5.41) is 3.13. The number of rotatable bonds is 6. The van der Waals surface area contributed by atoms with Crippen LogP contribution in [0.25, 0.3) is 0 Å². The first kappa shape index (κ1) is 21.1. The van der Waals surface area contributed by atoms with Gasteiger partial charge in [0.05, 0.1) is 6.54 Å². The van der Waals surface area contributed by atoms with E-state index in [4.69, 9.17) is 0 Å². The normalized spacial score (nSPS) is 21.0. The SMILES string of the molecule is Cc1cccc(C)c1NC(=O)C[N+]1(CC(=O)N(C)C)CCCC1c1ccccc1. The Hall–Kier alpha value is -2.66. The van der Waals surface area contributed by atoms with Crippen molar-refractivity contribution in [2.75, 3.05) is 39.0 Å². The summed E-state index contributed by atoms with van der Waals surface area (Å²) in [6, 6.07) is 16.5. The van der Waals surface area contributed by atoms with E-state index in [2.05, 4.69) is 17.4 Å². The summed E-state index contributed by atoms with van der Waals surface area (Å²) in [7, 11) is 3.56.